The van der Waals surface area contributed by atoms with Gasteiger partial charge in [-0.25, -0.2) is 0 Å². The highest BCUT2D eigenvalue weighted by atomic mass is 14.1. The summed E-state index contributed by atoms with van der Waals surface area (Å²) in [6.07, 6.45) is 2.46. The smallest absolute Gasteiger partial charge is 0.0276 e. The van der Waals surface area contributed by atoms with Crippen molar-refractivity contribution in [3.63, 3.8) is 0 Å². The summed E-state index contributed by atoms with van der Waals surface area (Å²) in [6.45, 7) is 16.8. The Balaban J connectivity index is -0.000000149. The van der Waals surface area contributed by atoms with E-state index in [1.54, 1.807) is 5.56 Å². The van der Waals surface area contributed by atoms with Gasteiger partial charge in [-0.15, -0.1) is 0 Å². The Morgan fingerprint density at radius 3 is 1.39 bits per heavy atom. The molecule has 0 aliphatic rings. The van der Waals surface area contributed by atoms with Gasteiger partial charge in [0.15, 0.2) is 0 Å². The lowest BCUT2D eigenvalue weighted by Gasteiger charge is -2.09. The Hall–Kier alpha value is -0.780. The third-order valence-electron chi connectivity index (χ3n) is 2.34. The molecule has 0 amide bonds. The topological polar surface area (TPSA) is 0 Å². The van der Waals surface area contributed by atoms with Crippen LogP contribution < -0.4 is 0 Å². The number of aryl methyl sites for hydroxylation is 3. The second kappa shape index (κ2) is 16.2. The van der Waals surface area contributed by atoms with Gasteiger partial charge in [-0.1, -0.05) is 73.6 Å². The SMILES string of the molecule is C.C.CC.CC.CCCc1c(C)cc(C)cc1C. The highest BCUT2D eigenvalue weighted by Crippen LogP contribution is 2.17. The van der Waals surface area contributed by atoms with Gasteiger partial charge in [-0.3, -0.25) is 0 Å². The Morgan fingerprint density at radius 2 is 1.11 bits per heavy atom. The van der Waals surface area contributed by atoms with Crippen molar-refractivity contribution >= 4 is 0 Å². The lowest BCUT2D eigenvalue weighted by Crippen LogP contribution is -1.93. The molecule has 0 spiro atoms. The van der Waals surface area contributed by atoms with E-state index in [1.807, 2.05) is 27.7 Å². The molecule has 0 heterocycles. The fraction of sp³-hybridized carbons (Fsp3) is 0.667. The van der Waals surface area contributed by atoms with Gasteiger partial charge in [0.05, 0.1) is 0 Å². The molecule has 0 bridgehead atoms. The van der Waals surface area contributed by atoms with Crippen LogP contribution in [0.5, 0.6) is 0 Å². The molecule has 1 rings (SSSR count). The summed E-state index contributed by atoms with van der Waals surface area (Å²) in [5.41, 5.74) is 5.83. The van der Waals surface area contributed by atoms with E-state index in [-0.39, 0.29) is 14.9 Å². The van der Waals surface area contributed by atoms with Crippen molar-refractivity contribution in [2.24, 2.45) is 0 Å². The number of hydrogen-bond acceptors (Lipinski definition) is 0. The van der Waals surface area contributed by atoms with Crippen molar-refractivity contribution in [1.29, 1.82) is 0 Å². The summed E-state index contributed by atoms with van der Waals surface area (Å²) in [6, 6.07) is 4.55. The molecule has 0 radical (unpaired) electrons. The summed E-state index contributed by atoms with van der Waals surface area (Å²) in [7, 11) is 0. The summed E-state index contributed by atoms with van der Waals surface area (Å²) in [5, 5.41) is 0. The largest absolute Gasteiger partial charge is 0.0776 e. The zero-order valence-electron chi connectivity index (χ0n) is 12.6. The standard InChI is InChI=1S/C12H18.2C2H6.2CH4/c1-5-6-12-10(3)7-9(2)8-11(12)4;2*1-2;;/h7-8H,5-6H2,1-4H3;2*1-2H3;2*1H4. The quantitative estimate of drug-likeness (QED) is 0.539. The van der Waals surface area contributed by atoms with Gasteiger partial charge in [0.25, 0.3) is 0 Å². The van der Waals surface area contributed by atoms with E-state index in [4.69, 9.17) is 0 Å². The van der Waals surface area contributed by atoms with Crippen molar-refractivity contribution in [2.45, 2.75) is 83.1 Å². The first-order chi connectivity index (χ1) is 7.65. The molecule has 1 aromatic rings. The molecule has 0 aliphatic heterocycles. The maximum atomic E-state index is 2.28. The Morgan fingerprint density at radius 1 is 0.778 bits per heavy atom. The van der Waals surface area contributed by atoms with Crippen LogP contribution in [0.4, 0.5) is 0 Å². The molecule has 0 aliphatic carbocycles. The van der Waals surface area contributed by atoms with E-state index in [9.17, 15) is 0 Å². The molecule has 1 aromatic carbocycles. The first kappa shape index (κ1) is 25.9. The zero-order chi connectivity index (χ0) is 13.1. The van der Waals surface area contributed by atoms with E-state index in [1.165, 1.54) is 29.5 Å². The van der Waals surface area contributed by atoms with E-state index in [0.29, 0.717) is 0 Å². The maximum Gasteiger partial charge on any atom is -0.0276 e. The summed E-state index contributed by atoms with van der Waals surface area (Å²) in [4.78, 5) is 0. The predicted octanol–water partition coefficient (Wildman–Crippen LogP) is 6.89. The van der Waals surface area contributed by atoms with Gasteiger partial charge in [0, 0.05) is 0 Å². The molecule has 0 N–H and O–H groups in total. The Labute approximate surface area is 118 Å². The second-order valence-corrected chi connectivity index (χ2v) is 3.63. The first-order valence-electron chi connectivity index (χ1n) is 6.72. The molecule has 0 heteroatoms. The van der Waals surface area contributed by atoms with Crippen LogP contribution in [-0.4, -0.2) is 0 Å². The molecular weight excluding hydrogens is 216 g/mol. The lowest BCUT2D eigenvalue weighted by atomic mass is 9.97. The fourth-order valence-corrected chi connectivity index (χ4v) is 1.85. The van der Waals surface area contributed by atoms with Gasteiger partial charge < -0.3 is 0 Å². The van der Waals surface area contributed by atoms with Crippen LogP contribution in [0.3, 0.4) is 0 Å². The van der Waals surface area contributed by atoms with Crippen LogP contribution in [0.25, 0.3) is 0 Å². The highest BCUT2D eigenvalue weighted by Gasteiger charge is 2.01. The lowest BCUT2D eigenvalue weighted by molar-refractivity contribution is 0.902. The molecule has 0 saturated carbocycles. The van der Waals surface area contributed by atoms with Crippen LogP contribution in [0.1, 0.15) is 78.1 Å². The van der Waals surface area contributed by atoms with Gasteiger partial charge in [0.2, 0.25) is 0 Å². The molecule has 0 unspecified atom stereocenters. The third kappa shape index (κ3) is 9.27. The van der Waals surface area contributed by atoms with E-state index >= 15 is 0 Å². The number of hydrogen-bond donors (Lipinski definition) is 0. The second-order valence-electron chi connectivity index (χ2n) is 3.63. The first-order valence-corrected chi connectivity index (χ1v) is 6.72. The normalized spacial score (nSPS) is 7.56. The van der Waals surface area contributed by atoms with Crippen LogP contribution in [0, 0.1) is 20.8 Å². The van der Waals surface area contributed by atoms with Crippen LogP contribution in [0.15, 0.2) is 12.1 Å². The fourth-order valence-electron chi connectivity index (χ4n) is 1.85. The van der Waals surface area contributed by atoms with Gasteiger partial charge >= 0.3 is 0 Å². The molecule has 0 nitrogen and oxygen atoms in total. The summed E-state index contributed by atoms with van der Waals surface area (Å²) < 4.78 is 0. The number of rotatable bonds is 2. The van der Waals surface area contributed by atoms with Crippen molar-refractivity contribution in [1.82, 2.24) is 0 Å². The number of benzene rings is 1. The maximum absolute atomic E-state index is 2.28. The molecular formula is C18H38. The summed E-state index contributed by atoms with van der Waals surface area (Å²) >= 11 is 0. The van der Waals surface area contributed by atoms with Crippen LogP contribution in [-0.2, 0) is 6.42 Å². The molecule has 0 saturated heterocycles. The molecule has 0 atom stereocenters. The van der Waals surface area contributed by atoms with Crippen molar-refractivity contribution in [2.75, 3.05) is 0 Å². The average molecular weight is 255 g/mol. The van der Waals surface area contributed by atoms with Crippen molar-refractivity contribution < 1.29 is 0 Å². The van der Waals surface area contributed by atoms with E-state index in [0.717, 1.165) is 0 Å². The van der Waals surface area contributed by atoms with Gasteiger partial charge in [0.1, 0.15) is 0 Å². The highest BCUT2D eigenvalue weighted by molar-refractivity contribution is 5.37. The zero-order valence-corrected chi connectivity index (χ0v) is 12.6. The van der Waals surface area contributed by atoms with E-state index < -0.39 is 0 Å². The average Bonchev–Trinajstić information content (AvgIpc) is 2.29. The minimum absolute atomic E-state index is 0. The molecule has 110 valence electrons. The van der Waals surface area contributed by atoms with Gasteiger partial charge in [-0.05, 0) is 43.9 Å². The third-order valence-corrected chi connectivity index (χ3v) is 2.34. The monoisotopic (exact) mass is 254 g/mol. The van der Waals surface area contributed by atoms with Crippen molar-refractivity contribution in [3.05, 3.63) is 34.4 Å². The molecule has 0 fully saturated rings. The minimum Gasteiger partial charge on any atom is -0.0776 e. The minimum atomic E-state index is 0. The molecule has 18 heavy (non-hydrogen) atoms. The summed E-state index contributed by atoms with van der Waals surface area (Å²) in [5.74, 6) is 0. The Bertz CT molecular complexity index is 248. The van der Waals surface area contributed by atoms with Gasteiger partial charge in [-0.2, -0.15) is 0 Å². The Kier molecular flexibility index (Phi) is 23.4. The van der Waals surface area contributed by atoms with Crippen LogP contribution in [0.2, 0.25) is 0 Å². The van der Waals surface area contributed by atoms with Crippen molar-refractivity contribution in [3.8, 4) is 0 Å². The van der Waals surface area contributed by atoms with E-state index in [2.05, 4.69) is 39.8 Å². The van der Waals surface area contributed by atoms with Crippen LogP contribution >= 0.6 is 0 Å². The predicted molar refractivity (Wildman–Crippen MR) is 90.8 cm³/mol. The molecule has 0 aromatic heterocycles.